The highest BCUT2D eigenvalue weighted by molar-refractivity contribution is 5.77. The molecule has 28 heavy (non-hydrogen) atoms. The Balaban J connectivity index is 1.62. The maximum Gasteiger partial charge on any atom is 0.271 e. The highest BCUT2D eigenvalue weighted by Gasteiger charge is 2.20. The number of non-ortho nitro benzene ring substituents is 1. The first-order valence-corrected chi connectivity index (χ1v) is 9.66. The number of likely N-dealkylation sites (N-methyl/N-ethyl adjacent to an activating group) is 1. The summed E-state index contributed by atoms with van der Waals surface area (Å²) in [6.07, 6.45) is 3.89. The molecular weight excluding hydrogens is 358 g/mol. The first-order valence-electron chi connectivity index (χ1n) is 9.66. The Morgan fingerprint density at radius 3 is 2.46 bits per heavy atom. The summed E-state index contributed by atoms with van der Waals surface area (Å²) in [5.41, 5.74) is 1.72. The highest BCUT2D eigenvalue weighted by atomic mass is 16.6. The number of nitro groups is 1. The largest absolute Gasteiger partial charge is 0.367 e. The normalized spacial score (nSPS) is 17.8. The third-order valence-electron chi connectivity index (χ3n) is 5.38. The molecule has 2 saturated heterocycles. The Bertz CT molecular complexity index is 846. The molecule has 0 saturated carbocycles. The van der Waals surface area contributed by atoms with Crippen LogP contribution in [0.1, 0.15) is 12.8 Å². The third-order valence-corrected chi connectivity index (χ3v) is 5.38. The molecule has 0 unspecified atom stereocenters. The number of benzene rings is 1. The molecule has 2 aliphatic rings. The SMILES string of the molecule is CN1CCN(c2ccc([N+](=O)[O-])cc2Nc2cc(N3CCCC3)ncn2)CC1. The molecule has 0 atom stereocenters. The topological polar surface area (TPSA) is 90.7 Å². The van der Waals surface area contributed by atoms with Crippen LogP contribution in [0.3, 0.4) is 0 Å². The Kier molecular flexibility index (Phi) is 5.25. The van der Waals surface area contributed by atoms with Gasteiger partial charge in [-0.25, -0.2) is 9.97 Å². The highest BCUT2D eigenvalue weighted by Crippen LogP contribution is 2.33. The summed E-state index contributed by atoms with van der Waals surface area (Å²) in [6, 6.07) is 6.89. The van der Waals surface area contributed by atoms with Gasteiger partial charge in [0.05, 0.1) is 16.3 Å². The van der Waals surface area contributed by atoms with E-state index in [9.17, 15) is 10.1 Å². The van der Waals surface area contributed by atoms with Crippen molar-refractivity contribution in [2.45, 2.75) is 12.8 Å². The van der Waals surface area contributed by atoms with Crippen molar-refractivity contribution < 1.29 is 4.92 Å². The van der Waals surface area contributed by atoms with Gasteiger partial charge >= 0.3 is 0 Å². The number of rotatable bonds is 5. The number of hydrogen-bond donors (Lipinski definition) is 1. The lowest BCUT2D eigenvalue weighted by atomic mass is 10.2. The minimum atomic E-state index is -0.366. The molecule has 0 bridgehead atoms. The predicted molar refractivity (Wildman–Crippen MR) is 110 cm³/mol. The molecule has 4 rings (SSSR count). The van der Waals surface area contributed by atoms with E-state index in [1.807, 2.05) is 12.1 Å². The first-order chi connectivity index (χ1) is 13.6. The van der Waals surface area contributed by atoms with E-state index in [-0.39, 0.29) is 10.6 Å². The molecule has 9 heteroatoms. The summed E-state index contributed by atoms with van der Waals surface area (Å²) in [7, 11) is 2.10. The van der Waals surface area contributed by atoms with Gasteiger partial charge < -0.3 is 20.0 Å². The van der Waals surface area contributed by atoms with Crippen molar-refractivity contribution >= 4 is 28.7 Å². The monoisotopic (exact) mass is 383 g/mol. The maximum absolute atomic E-state index is 11.3. The fourth-order valence-corrected chi connectivity index (χ4v) is 3.73. The van der Waals surface area contributed by atoms with Crippen LogP contribution in [0.2, 0.25) is 0 Å². The number of anilines is 4. The Hall–Kier alpha value is -2.94. The predicted octanol–water partition coefficient (Wildman–Crippen LogP) is 2.48. The lowest BCUT2D eigenvalue weighted by Gasteiger charge is -2.35. The van der Waals surface area contributed by atoms with Crippen molar-refractivity contribution in [3.8, 4) is 0 Å². The summed E-state index contributed by atoms with van der Waals surface area (Å²) in [6.45, 7) is 5.68. The van der Waals surface area contributed by atoms with Crippen LogP contribution in [0, 0.1) is 10.1 Å². The minimum absolute atomic E-state index is 0.0641. The Morgan fingerprint density at radius 2 is 1.75 bits per heavy atom. The second-order valence-electron chi connectivity index (χ2n) is 7.33. The summed E-state index contributed by atoms with van der Waals surface area (Å²) in [5.74, 6) is 1.54. The average Bonchev–Trinajstić information content (AvgIpc) is 3.24. The van der Waals surface area contributed by atoms with Gasteiger partial charge in [-0.05, 0) is 26.0 Å². The molecule has 2 aliphatic heterocycles. The van der Waals surface area contributed by atoms with Crippen LogP contribution in [0.5, 0.6) is 0 Å². The quantitative estimate of drug-likeness (QED) is 0.622. The molecule has 0 amide bonds. The van der Waals surface area contributed by atoms with Crippen LogP contribution in [0.4, 0.5) is 28.7 Å². The van der Waals surface area contributed by atoms with E-state index in [4.69, 9.17) is 0 Å². The standard InChI is InChI=1S/C19H25N7O2/c1-23-8-10-24(11-9-23)17-5-4-15(26(27)28)12-16(17)22-18-13-19(21-14-20-18)25-6-2-3-7-25/h4-5,12-14H,2-3,6-11H2,1H3,(H,20,21,22). The van der Waals surface area contributed by atoms with Crippen molar-refractivity contribution in [2.24, 2.45) is 0 Å². The third kappa shape index (κ3) is 3.99. The molecule has 0 spiro atoms. The molecule has 1 aromatic carbocycles. The average molecular weight is 383 g/mol. The zero-order chi connectivity index (χ0) is 19.5. The molecule has 2 aromatic rings. The molecule has 1 N–H and O–H groups in total. The number of nitrogens with zero attached hydrogens (tertiary/aromatic N) is 6. The van der Waals surface area contributed by atoms with Gasteiger partial charge in [-0.2, -0.15) is 0 Å². The minimum Gasteiger partial charge on any atom is -0.367 e. The van der Waals surface area contributed by atoms with Gasteiger partial charge in [-0.1, -0.05) is 0 Å². The number of aromatic nitrogens is 2. The molecular formula is C19H25N7O2. The summed E-state index contributed by atoms with van der Waals surface area (Å²) < 4.78 is 0. The summed E-state index contributed by atoms with van der Waals surface area (Å²) in [4.78, 5) is 26.4. The van der Waals surface area contributed by atoms with Gasteiger partial charge in [-0.3, -0.25) is 10.1 Å². The lowest BCUT2D eigenvalue weighted by Crippen LogP contribution is -2.44. The van der Waals surface area contributed by atoms with Crippen molar-refractivity contribution in [1.82, 2.24) is 14.9 Å². The van der Waals surface area contributed by atoms with Crippen molar-refractivity contribution in [3.05, 3.63) is 40.7 Å². The van der Waals surface area contributed by atoms with Crippen molar-refractivity contribution in [1.29, 1.82) is 0 Å². The van der Waals surface area contributed by atoms with E-state index >= 15 is 0 Å². The van der Waals surface area contributed by atoms with Gasteiger partial charge in [0, 0.05) is 57.5 Å². The summed E-state index contributed by atoms with van der Waals surface area (Å²) >= 11 is 0. The second kappa shape index (κ2) is 7.97. The molecule has 148 valence electrons. The van der Waals surface area contributed by atoms with Gasteiger partial charge in [0.1, 0.15) is 18.0 Å². The number of hydrogen-bond acceptors (Lipinski definition) is 8. The zero-order valence-corrected chi connectivity index (χ0v) is 16.0. The Labute approximate surface area is 164 Å². The molecule has 9 nitrogen and oxygen atoms in total. The van der Waals surface area contributed by atoms with Gasteiger partial charge in [0.25, 0.3) is 5.69 Å². The van der Waals surface area contributed by atoms with Gasteiger partial charge in [-0.15, -0.1) is 0 Å². The summed E-state index contributed by atoms with van der Waals surface area (Å²) in [5, 5.41) is 14.6. The van der Waals surface area contributed by atoms with E-state index in [1.165, 1.54) is 12.8 Å². The van der Waals surface area contributed by atoms with Crippen molar-refractivity contribution in [2.75, 3.05) is 61.4 Å². The first kappa shape index (κ1) is 18.4. The van der Waals surface area contributed by atoms with Gasteiger partial charge in [0.15, 0.2) is 0 Å². The van der Waals surface area contributed by atoms with Crippen LogP contribution in [0.25, 0.3) is 0 Å². The van der Waals surface area contributed by atoms with E-state index < -0.39 is 0 Å². The smallest absolute Gasteiger partial charge is 0.271 e. The number of nitrogens with one attached hydrogen (secondary N) is 1. The number of nitro benzene ring substituents is 1. The lowest BCUT2D eigenvalue weighted by molar-refractivity contribution is -0.384. The van der Waals surface area contributed by atoms with Gasteiger partial charge in [0.2, 0.25) is 0 Å². The molecule has 0 aliphatic carbocycles. The number of piperazine rings is 1. The van der Waals surface area contributed by atoms with E-state index in [0.29, 0.717) is 11.5 Å². The van der Waals surface area contributed by atoms with E-state index in [0.717, 1.165) is 50.8 Å². The van der Waals surface area contributed by atoms with Crippen molar-refractivity contribution in [3.63, 3.8) is 0 Å². The van der Waals surface area contributed by atoms with E-state index in [2.05, 4.69) is 37.0 Å². The molecule has 2 fully saturated rings. The molecule has 0 radical (unpaired) electrons. The second-order valence-corrected chi connectivity index (χ2v) is 7.33. The van der Waals surface area contributed by atoms with Crippen LogP contribution in [0.15, 0.2) is 30.6 Å². The van der Waals surface area contributed by atoms with Crippen LogP contribution >= 0.6 is 0 Å². The van der Waals surface area contributed by atoms with Crippen LogP contribution < -0.4 is 15.1 Å². The fraction of sp³-hybridized carbons (Fsp3) is 0.474. The maximum atomic E-state index is 11.3. The Morgan fingerprint density at radius 1 is 1.00 bits per heavy atom. The molecule has 1 aromatic heterocycles. The fourth-order valence-electron chi connectivity index (χ4n) is 3.73. The van der Waals surface area contributed by atoms with E-state index in [1.54, 1.807) is 18.5 Å². The zero-order valence-electron chi connectivity index (χ0n) is 16.0. The molecule has 3 heterocycles. The van der Waals surface area contributed by atoms with Crippen LogP contribution in [-0.4, -0.2) is 66.1 Å². The van der Waals surface area contributed by atoms with Crippen LogP contribution in [-0.2, 0) is 0 Å².